The molecule has 0 bridgehead atoms. The van der Waals surface area contributed by atoms with Gasteiger partial charge in [0.15, 0.2) is 11.0 Å². The molecule has 10 heteroatoms. The summed E-state index contributed by atoms with van der Waals surface area (Å²) in [7, 11) is 0. The molecule has 1 N–H and O–H groups in total. The Morgan fingerprint density at radius 3 is 2.73 bits per heavy atom. The number of nitrogens with zero attached hydrogens (tertiary/aromatic N) is 4. The van der Waals surface area contributed by atoms with E-state index < -0.39 is 0 Å². The molecule has 3 aromatic heterocycles. The van der Waals surface area contributed by atoms with Crippen LogP contribution in [-0.2, 0) is 11.3 Å². The van der Waals surface area contributed by atoms with Crippen molar-refractivity contribution >= 4 is 46.6 Å². The summed E-state index contributed by atoms with van der Waals surface area (Å²) < 4.78 is 7.38. The van der Waals surface area contributed by atoms with Gasteiger partial charge in [-0.15, -0.1) is 10.2 Å². The van der Waals surface area contributed by atoms with Crippen LogP contribution in [0.25, 0.3) is 11.4 Å². The van der Waals surface area contributed by atoms with Crippen LogP contribution >= 0.6 is 35.0 Å². The molecule has 1 aromatic carbocycles. The van der Waals surface area contributed by atoms with Gasteiger partial charge in [0.1, 0.15) is 5.76 Å². The zero-order chi connectivity index (χ0) is 20.9. The van der Waals surface area contributed by atoms with E-state index >= 15 is 0 Å². The number of hydrogen-bond acceptors (Lipinski definition) is 6. The standard InChI is InChI=1S/C20H15Cl2N5O2S/c21-14-3-4-16(22)17(10-14)24-18(28)12-30-20-26-25-19(13-5-7-23-8-6-13)27(20)11-15-2-1-9-29-15/h1-10H,11-12H2,(H,24,28). The van der Waals surface area contributed by atoms with Crippen LogP contribution in [0.3, 0.4) is 0 Å². The summed E-state index contributed by atoms with van der Waals surface area (Å²) in [6.07, 6.45) is 4.99. The second kappa shape index (κ2) is 9.34. The molecule has 0 saturated heterocycles. The number of benzene rings is 1. The highest BCUT2D eigenvalue weighted by Gasteiger charge is 2.17. The van der Waals surface area contributed by atoms with Gasteiger partial charge in [-0.25, -0.2) is 0 Å². The third-order valence-corrected chi connectivity index (χ3v) is 5.62. The molecule has 4 aromatic rings. The van der Waals surface area contributed by atoms with Crippen molar-refractivity contribution in [2.24, 2.45) is 0 Å². The number of amides is 1. The number of thioether (sulfide) groups is 1. The van der Waals surface area contributed by atoms with Gasteiger partial charge in [0.2, 0.25) is 5.91 Å². The van der Waals surface area contributed by atoms with E-state index in [4.69, 9.17) is 27.6 Å². The quantitative estimate of drug-likeness (QED) is 0.390. The van der Waals surface area contributed by atoms with Crippen molar-refractivity contribution in [1.82, 2.24) is 19.7 Å². The Bertz CT molecular complexity index is 1150. The molecule has 0 unspecified atom stereocenters. The van der Waals surface area contributed by atoms with Gasteiger partial charge < -0.3 is 9.73 Å². The number of rotatable bonds is 7. The molecule has 0 saturated carbocycles. The maximum atomic E-state index is 12.4. The highest BCUT2D eigenvalue weighted by atomic mass is 35.5. The predicted molar refractivity (Wildman–Crippen MR) is 117 cm³/mol. The number of furan rings is 1. The van der Waals surface area contributed by atoms with E-state index in [2.05, 4.69) is 20.5 Å². The molecule has 0 spiro atoms. The summed E-state index contributed by atoms with van der Waals surface area (Å²) in [6.45, 7) is 0.432. The minimum atomic E-state index is -0.234. The summed E-state index contributed by atoms with van der Waals surface area (Å²) in [6, 6.07) is 12.3. The predicted octanol–water partition coefficient (Wildman–Crippen LogP) is 5.02. The smallest absolute Gasteiger partial charge is 0.234 e. The molecule has 0 aliphatic rings. The fourth-order valence-corrected chi connectivity index (χ4v) is 3.80. The van der Waals surface area contributed by atoms with E-state index in [0.29, 0.717) is 33.3 Å². The second-order valence-corrected chi connectivity index (χ2v) is 7.95. The fourth-order valence-electron chi connectivity index (χ4n) is 2.72. The van der Waals surface area contributed by atoms with Crippen LogP contribution in [0.2, 0.25) is 10.0 Å². The molecule has 152 valence electrons. The summed E-state index contributed by atoms with van der Waals surface area (Å²) in [5.74, 6) is 1.30. The van der Waals surface area contributed by atoms with Gasteiger partial charge in [-0.05, 0) is 42.5 Å². The van der Waals surface area contributed by atoms with Crippen LogP contribution in [0.15, 0.2) is 70.7 Å². The molecule has 7 nitrogen and oxygen atoms in total. The maximum absolute atomic E-state index is 12.4. The number of carbonyl (C=O) groups is 1. The third kappa shape index (κ3) is 4.84. The molecule has 30 heavy (non-hydrogen) atoms. The lowest BCUT2D eigenvalue weighted by Crippen LogP contribution is -2.15. The highest BCUT2D eigenvalue weighted by Crippen LogP contribution is 2.27. The molecule has 0 aliphatic heterocycles. The van der Waals surface area contributed by atoms with E-state index in [1.54, 1.807) is 36.9 Å². The van der Waals surface area contributed by atoms with Crippen LogP contribution in [0, 0.1) is 0 Å². The Balaban J connectivity index is 1.52. The molecular formula is C20H15Cl2N5O2S. The van der Waals surface area contributed by atoms with E-state index in [0.717, 1.165) is 11.3 Å². The summed E-state index contributed by atoms with van der Waals surface area (Å²) >= 11 is 13.3. The van der Waals surface area contributed by atoms with Gasteiger partial charge >= 0.3 is 0 Å². The minimum Gasteiger partial charge on any atom is -0.467 e. The van der Waals surface area contributed by atoms with Crippen molar-refractivity contribution in [3.63, 3.8) is 0 Å². The summed E-state index contributed by atoms with van der Waals surface area (Å²) in [5.41, 5.74) is 1.33. The first kappa shape index (κ1) is 20.5. The number of nitrogens with one attached hydrogen (secondary N) is 1. The van der Waals surface area contributed by atoms with Gasteiger partial charge in [0.25, 0.3) is 0 Å². The zero-order valence-corrected chi connectivity index (χ0v) is 17.8. The lowest BCUT2D eigenvalue weighted by molar-refractivity contribution is -0.113. The molecule has 0 atom stereocenters. The molecule has 3 heterocycles. The number of anilines is 1. The van der Waals surface area contributed by atoms with E-state index in [1.807, 2.05) is 28.8 Å². The van der Waals surface area contributed by atoms with E-state index in [1.165, 1.54) is 11.8 Å². The topological polar surface area (TPSA) is 85.8 Å². The van der Waals surface area contributed by atoms with Gasteiger partial charge in [0, 0.05) is 23.0 Å². The van der Waals surface area contributed by atoms with Crippen molar-refractivity contribution in [3.8, 4) is 11.4 Å². The van der Waals surface area contributed by atoms with Crippen LogP contribution in [0.4, 0.5) is 5.69 Å². The number of aromatic nitrogens is 4. The van der Waals surface area contributed by atoms with Gasteiger partial charge in [-0.1, -0.05) is 35.0 Å². The van der Waals surface area contributed by atoms with Crippen LogP contribution in [0.1, 0.15) is 5.76 Å². The van der Waals surface area contributed by atoms with Crippen molar-refractivity contribution in [3.05, 3.63) is 76.9 Å². The molecule has 0 radical (unpaired) electrons. The second-order valence-electron chi connectivity index (χ2n) is 6.17. The molecule has 1 amide bonds. The maximum Gasteiger partial charge on any atom is 0.234 e. The van der Waals surface area contributed by atoms with Crippen LogP contribution in [-0.4, -0.2) is 31.4 Å². The first-order chi connectivity index (χ1) is 14.6. The Morgan fingerprint density at radius 1 is 1.13 bits per heavy atom. The highest BCUT2D eigenvalue weighted by molar-refractivity contribution is 7.99. The average molecular weight is 460 g/mol. The number of pyridine rings is 1. The Labute approximate surface area is 186 Å². The number of halogens is 2. The zero-order valence-electron chi connectivity index (χ0n) is 15.5. The lowest BCUT2D eigenvalue weighted by atomic mass is 10.2. The summed E-state index contributed by atoms with van der Waals surface area (Å²) in [5, 5.41) is 12.8. The minimum absolute atomic E-state index is 0.121. The Kier molecular flexibility index (Phi) is 6.37. The Morgan fingerprint density at radius 2 is 1.97 bits per heavy atom. The van der Waals surface area contributed by atoms with Crippen molar-refractivity contribution in [1.29, 1.82) is 0 Å². The fraction of sp³-hybridized carbons (Fsp3) is 0.100. The van der Waals surface area contributed by atoms with E-state index in [-0.39, 0.29) is 11.7 Å². The van der Waals surface area contributed by atoms with E-state index in [9.17, 15) is 4.79 Å². The van der Waals surface area contributed by atoms with Gasteiger partial charge in [-0.3, -0.25) is 14.3 Å². The van der Waals surface area contributed by atoms with Crippen molar-refractivity contribution < 1.29 is 9.21 Å². The summed E-state index contributed by atoms with van der Waals surface area (Å²) in [4.78, 5) is 16.5. The largest absolute Gasteiger partial charge is 0.467 e. The third-order valence-electron chi connectivity index (χ3n) is 4.08. The van der Waals surface area contributed by atoms with Gasteiger partial charge in [-0.2, -0.15) is 0 Å². The monoisotopic (exact) mass is 459 g/mol. The molecule has 4 rings (SSSR count). The Hall–Kier alpha value is -2.81. The molecule has 0 fully saturated rings. The van der Waals surface area contributed by atoms with Crippen molar-refractivity contribution in [2.45, 2.75) is 11.7 Å². The molecule has 0 aliphatic carbocycles. The van der Waals surface area contributed by atoms with Crippen molar-refractivity contribution in [2.75, 3.05) is 11.1 Å². The number of carbonyl (C=O) groups excluding carboxylic acids is 1. The SMILES string of the molecule is O=C(CSc1nnc(-c2ccncc2)n1Cc1ccco1)Nc1cc(Cl)ccc1Cl. The first-order valence-electron chi connectivity index (χ1n) is 8.84. The molecular weight excluding hydrogens is 445 g/mol. The van der Waals surface area contributed by atoms with Crippen LogP contribution < -0.4 is 5.32 Å². The average Bonchev–Trinajstić information content (AvgIpc) is 3.40. The normalized spacial score (nSPS) is 10.9. The first-order valence-corrected chi connectivity index (χ1v) is 10.6. The number of hydrogen-bond donors (Lipinski definition) is 1. The van der Waals surface area contributed by atoms with Gasteiger partial charge in [0.05, 0.1) is 29.3 Å². The van der Waals surface area contributed by atoms with Crippen LogP contribution in [0.5, 0.6) is 0 Å². The lowest BCUT2D eigenvalue weighted by Gasteiger charge is -2.10.